The van der Waals surface area contributed by atoms with Gasteiger partial charge in [-0.25, -0.2) is 8.78 Å². The number of carbonyl (C=O) groups excluding carboxylic acids is 3. The van der Waals surface area contributed by atoms with Crippen molar-refractivity contribution in [1.29, 1.82) is 0 Å². The third-order valence-electron chi connectivity index (χ3n) is 9.46. The summed E-state index contributed by atoms with van der Waals surface area (Å²) in [5.41, 5.74) is 1.01. The van der Waals surface area contributed by atoms with Crippen LogP contribution in [0.1, 0.15) is 56.7 Å². The van der Waals surface area contributed by atoms with E-state index in [-0.39, 0.29) is 49.2 Å². The third kappa shape index (κ3) is 9.86. The van der Waals surface area contributed by atoms with Crippen molar-refractivity contribution < 1.29 is 33.0 Å². The monoisotopic (exact) mass is 678 g/mol. The molecule has 3 aromatic carbocycles. The van der Waals surface area contributed by atoms with Crippen molar-refractivity contribution in [3.8, 4) is 5.75 Å². The largest absolute Gasteiger partial charge is 0.497 e. The van der Waals surface area contributed by atoms with Crippen LogP contribution in [-0.2, 0) is 33.8 Å². The van der Waals surface area contributed by atoms with Gasteiger partial charge >= 0.3 is 0 Å². The van der Waals surface area contributed by atoms with Gasteiger partial charge in [0.1, 0.15) is 29.0 Å². The van der Waals surface area contributed by atoms with E-state index in [0.29, 0.717) is 31.6 Å². The van der Waals surface area contributed by atoms with Crippen LogP contribution in [0.3, 0.4) is 0 Å². The number of rotatable bonds is 17. The molecule has 1 fully saturated rings. The number of nitrogens with zero attached hydrogens (tertiary/aromatic N) is 1. The van der Waals surface area contributed by atoms with Crippen LogP contribution in [0.15, 0.2) is 72.8 Å². The smallest absolute Gasteiger partial charge is 0.249 e. The lowest BCUT2D eigenvalue weighted by atomic mass is 9.81. The van der Waals surface area contributed by atoms with Crippen molar-refractivity contribution in [2.75, 3.05) is 20.2 Å². The summed E-state index contributed by atoms with van der Waals surface area (Å²) in [5, 5.41) is 20.5. The first-order valence-corrected chi connectivity index (χ1v) is 16.9. The Kier molecular flexibility index (Phi) is 13.3. The van der Waals surface area contributed by atoms with Gasteiger partial charge in [-0.15, -0.1) is 0 Å². The first-order valence-electron chi connectivity index (χ1n) is 16.9. The molecule has 0 radical (unpaired) electrons. The zero-order chi connectivity index (χ0) is 35.6. The highest BCUT2D eigenvalue weighted by Crippen LogP contribution is 2.34. The van der Waals surface area contributed by atoms with Crippen LogP contribution < -0.4 is 20.7 Å². The number of ether oxygens (including phenoxy) is 1. The van der Waals surface area contributed by atoms with Gasteiger partial charge in [-0.1, -0.05) is 62.7 Å². The minimum Gasteiger partial charge on any atom is -0.497 e. The summed E-state index contributed by atoms with van der Waals surface area (Å²) < 4.78 is 33.7. The minimum absolute atomic E-state index is 0.0525. The number of hydrogen-bond donors (Lipinski definition) is 4. The molecule has 4 N–H and O–H groups in total. The quantitative estimate of drug-likeness (QED) is 0.169. The summed E-state index contributed by atoms with van der Waals surface area (Å²) in [4.78, 5) is 42.3. The first kappa shape index (κ1) is 37.5. The zero-order valence-electron chi connectivity index (χ0n) is 28.7. The number of hydrogen-bond acceptors (Lipinski definition) is 6. The first-order chi connectivity index (χ1) is 23.4. The molecule has 0 unspecified atom stereocenters. The predicted octanol–water partition coefficient (Wildman–Crippen LogP) is 4.31. The van der Waals surface area contributed by atoms with Crippen molar-refractivity contribution in [1.82, 2.24) is 20.9 Å². The Morgan fingerprint density at radius 3 is 2.35 bits per heavy atom. The predicted molar refractivity (Wildman–Crippen MR) is 184 cm³/mol. The molecule has 1 saturated heterocycles. The van der Waals surface area contributed by atoms with E-state index in [2.05, 4.69) is 16.0 Å². The van der Waals surface area contributed by atoms with Gasteiger partial charge in [-0.2, -0.15) is 0 Å². The summed E-state index contributed by atoms with van der Waals surface area (Å²) in [7, 11) is 1.58. The molecule has 0 bridgehead atoms. The molecule has 3 aromatic rings. The van der Waals surface area contributed by atoms with E-state index >= 15 is 0 Å². The molecule has 3 amide bonds. The van der Waals surface area contributed by atoms with Crippen LogP contribution >= 0.6 is 0 Å². The maximum Gasteiger partial charge on any atom is 0.249 e. The van der Waals surface area contributed by atoms with E-state index in [4.69, 9.17) is 4.74 Å². The van der Waals surface area contributed by atoms with Gasteiger partial charge in [0.05, 0.1) is 19.3 Å². The molecular formula is C38H48F2N4O5. The van der Waals surface area contributed by atoms with Gasteiger partial charge in [0.2, 0.25) is 17.7 Å². The van der Waals surface area contributed by atoms with Crippen LogP contribution in [-0.4, -0.2) is 71.7 Å². The Hall–Kier alpha value is -4.35. The number of amides is 3. The molecule has 1 heterocycles. The van der Waals surface area contributed by atoms with Crippen molar-refractivity contribution in [2.24, 2.45) is 5.92 Å². The summed E-state index contributed by atoms with van der Waals surface area (Å²) in [6.07, 6.45) is 0.529. The number of carbonyl (C=O) groups is 3. The molecular weight excluding hydrogens is 630 g/mol. The second kappa shape index (κ2) is 17.3. The SMILES string of the molecule is CC[C@H](C)[C@@]1(NC(C)=O)CCN([C@@H](CCc2ccccc2)C(=O)N[C@@H](Cc2cc(F)cc(F)c2)[C@H](O)CNCc2cccc(OC)c2)C1=O. The molecule has 49 heavy (non-hydrogen) atoms. The summed E-state index contributed by atoms with van der Waals surface area (Å²) in [5.74, 6) is -2.18. The molecule has 0 aliphatic carbocycles. The average Bonchev–Trinajstić information content (AvgIpc) is 3.39. The molecule has 5 atom stereocenters. The lowest BCUT2D eigenvalue weighted by Gasteiger charge is -2.36. The molecule has 0 saturated carbocycles. The number of benzene rings is 3. The highest BCUT2D eigenvalue weighted by molar-refractivity contribution is 5.96. The topological polar surface area (TPSA) is 120 Å². The number of likely N-dealkylation sites (tertiary alicyclic amines) is 1. The van der Waals surface area contributed by atoms with E-state index in [1.54, 1.807) is 7.11 Å². The Balaban J connectivity index is 1.60. The number of aliphatic hydroxyl groups excluding tert-OH is 1. The van der Waals surface area contributed by atoms with Crippen molar-refractivity contribution in [3.05, 3.63) is 101 Å². The molecule has 11 heteroatoms. The Labute approximate surface area is 287 Å². The van der Waals surface area contributed by atoms with Crippen LogP contribution in [0.5, 0.6) is 5.75 Å². The van der Waals surface area contributed by atoms with Crippen LogP contribution in [0.25, 0.3) is 0 Å². The summed E-state index contributed by atoms with van der Waals surface area (Å²) in [6, 6.07) is 18.2. The molecule has 0 spiro atoms. The van der Waals surface area contributed by atoms with Crippen molar-refractivity contribution in [2.45, 2.75) is 83.1 Å². The van der Waals surface area contributed by atoms with Crippen LogP contribution in [0, 0.1) is 17.6 Å². The third-order valence-corrected chi connectivity index (χ3v) is 9.46. The molecule has 1 aliphatic heterocycles. The van der Waals surface area contributed by atoms with Gasteiger partial charge < -0.3 is 30.7 Å². The van der Waals surface area contributed by atoms with Gasteiger partial charge in [-0.05, 0) is 72.6 Å². The Bertz CT molecular complexity index is 1550. The highest BCUT2D eigenvalue weighted by atomic mass is 19.1. The lowest BCUT2D eigenvalue weighted by Crippen LogP contribution is -2.60. The summed E-state index contributed by atoms with van der Waals surface area (Å²) >= 11 is 0. The average molecular weight is 679 g/mol. The second-order valence-corrected chi connectivity index (χ2v) is 12.9. The van der Waals surface area contributed by atoms with Gasteiger partial charge in [0.15, 0.2) is 0 Å². The number of nitrogens with one attached hydrogen (secondary N) is 3. The zero-order valence-corrected chi connectivity index (χ0v) is 28.7. The Morgan fingerprint density at radius 2 is 1.69 bits per heavy atom. The molecule has 1 aliphatic rings. The van der Waals surface area contributed by atoms with E-state index in [0.717, 1.165) is 17.2 Å². The standard InChI is InChI=1S/C38H48F2N4O5/c1-5-25(2)38(43-26(3)45)16-17-44(37(38)48)34(15-14-27-10-7-6-8-11-27)36(47)42-33(21-29-18-30(39)22-31(40)19-29)35(46)24-41-23-28-12-9-13-32(20-28)49-4/h6-13,18-20,22,25,33-35,41,46H,5,14-17,21,23-24H2,1-4H3,(H,42,47)(H,43,45)/t25-,33-,34-,35+,38-/m0/s1. The maximum atomic E-state index is 14.3. The van der Waals surface area contributed by atoms with E-state index in [1.807, 2.05) is 68.4 Å². The van der Waals surface area contributed by atoms with Crippen molar-refractivity contribution >= 4 is 17.7 Å². The summed E-state index contributed by atoms with van der Waals surface area (Å²) in [6.45, 7) is 5.94. The van der Waals surface area contributed by atoms with Crippen molar-refractivity contribution in [3.63, 3.8) is 0 Å². The van der Waals surface area contributed by atoms with Gasteiger partial charge in [0.25, 0.3) is 0 Å². The van der Waals surface area contributed by atoms with E-state index in [9.17, 15) is 28.3 Å². The maximum absolute atomic E-state index is 14.3. The number of halogens is 2. The fourth-order valence-electron chi connectivity index (χ4n) is 6.63. The minimum atomic E-state index is -1.16. The van der Waals surface area contributed by atoms with Gasteiger partial charge in [-0.3, -0.25) is 14.4 Å². The van der Waals surface area contributed by atoms with Crippen LogP contribution in [0.2, 0.25) is 0 Å². The normalized spacial score (nSPS) is 18.4. The van der Waals surface area contributed by atoms with Crippen LogP contribution in [0.4, 0.5) is 8.78 Å². The van der Waals surface area contributed by atoms with E-state index in [1.165, 1.54) is 24.0 Å². The molecule has 9 nitrogen and oxygen atoms in total. The lowest BCUT2D eigenvalue weighted by molar-refractivity contribution is -0.144. The molecule has 0 aromatic heterocycles. The van der Waals surface area contributed by atoms with E-state index < -0.39 is 41.3 Å². The fourth-order valence-corrected chi connectivity index (χ4v) is 6.63. The molecule has 4 rings (SSSR count). The number of aryl methyl sites for hydroxylation is 1. The fraction of sp³-hybridized carbons (Fsp3) is 0.447. The second-order valence-electron chi connectivity index (χ2n) is 12.9. The molecule has 264 valence electrons. The highest BCUT2D eigenvalue weighted by Gasteiger charge is 2.53. The number of aliphatic hydroxyl groups is 1. The van der Waals surface area contributed by atoms with Gasteiger partial charge in [0, 0.05) is 32.6 Å². The number of methoxy groups -OCH3 is 1. The Morgan fingerprint density at radius 1 is 1.00 bits per heavy atom.